The van der Waals surface area contributed by atoms with Crippen molar-refractivity contribution in [3.05, 3.63) is 137 Å². The Labute approximate surface area is 270 Å². The molecule has 0 radical (unpaired) electrons. The molecule has 46 heavy (non-hydrogen) atoms. The molecule has 0 unspecified atom stereocenters. The van der Waals surface area contributed by atoms with Crippen LogP contribution in [0.15, 0.2) is 109 Å². The normalized spacial score (nSPS) is 17.8. The summed E-state index contributed by atoms with van der Waals surface area (Å²) in [5, 5.41) is 14.8. The summed E-state index contributed by atoms with van der Waals surface area (Å²) in [5.41, 5.74) is 5.70. The van der Waals surface area contributed by atoms with E-state index in [1.807, 2.05) is 48.5 Å². The second-order valence-corrected chi connectivity index (χ2v) is 11.2. The number of benzene rings is 4. The lowest BCUT2D eigenvalue weighted by Crippen LogP contribution is -2.39. The monoisotopic (exact) mass is 623 g/mol. The van der Waals surface area contributed by atoms with Crippen molar-refractivity contribution in [2.75, 3.05) is 25.0 Å². The third-order valence-corrected chi connectivity index (χ3v) is 7.71. The van der Waals surface area contributed by atoms with Gasteiger partial charge >= 0.3 is 12.0 Å². The van der Waals surface area contributed by atoms with Crippen molar-refractivity contribution in [2.24, 2.45) is 0 Å². The average Bonchev–Trinajstić information content (AvgIpc) is 3.08. The van der Waals surface area contributed by atoms with Crippen LogP contribution in [0.1, 0.15) is 53.6 Å². The third-order valence-electron chi connectivity index (χ3n) is 7.71. The SMILES string of the molecule is CCOC(=O)CNC(=O)Nc1ccc([C@H]2O[C@@H](CN(Cc3ccccc3)Cc3ccccc3)C[C@@H](c3ccc(CO)cc3)O2)cc1. The summed E-state index contributed by atoms with van der Waals surface area (Å²) < 4.78 is 18.0. The maximum Gasteiger partial charge on any atom is 0.325 e. The highest BCUT2D eigenvalue weighted by atomic mass is 16.7. The summed E-state index contributed by atoms with van der Waals surface area (Å²) in [5.74, 6) is -0.499. The van der Waals surface area contributed by atoms with Gasteiger partial charge in [0, 0.05) is 37.3 Å². The number of rotatable bonds is 13. The maximum absolute atomic E-state index is 12.3. The molecule has 2 amide bonds. The standard InChI is InChI=1S/C37H41N3O6/c1-2-44-35(42)22-38-37(43)39-32-19-17-31(18-20-32)36-45-33(21-34(46-36)30-15-13-29(26-41)14-16-30)25-40(23-27-9-5-3-6-10-27)24-28-11-7-4-8-12-28/h3-20,33-34,36,41H,2,21-26H2,1H3,(H2,38,39,43)/t33-,34+,36+/m1/s1. The molecule has 0 spiro atoms. The van der Waals surface area contributed by atoms with Crippen LogP contribution in [0, 0.1) is 0 Å². The predicted octanol–water partition coefficient (Wildman–Crippen LogP) is 6.11. The van der Waals surface area contributed by atoms with E-state index in [4.69, 9.17) is 14.2 Å². The Morgan fingerprint density at radius 2 is 1.41 bits per heavy atom. The first-order valence-electron chi connectivity index (χ1n) is 15.6. The molecule has 4 aromatic rings. The fraction of sp³-hybridized carbons (Fsp3) is 0.297. The number of carbonyl (C=O) groups excluding carboxylic acids is 2. The Kier molecular flexibility index (Phi) is 11.9. The van der Waals surface area contributed by atoms with E-state index in [1.165, 1.54) is 11.1 Å². The number of aliphatic hydroxyl groups is 1. The summed E-state index contributed by atoms with van der Waals surface area (Å²) in [6, 6.07) is 35.5. The minimum atomic E-state index is -0.636. The largest absolute Gasteiger partial charge is 0.465 e. The zero-order valence-electron chi connectivity index (χ0n) is 26.0. The van der Waals surface area contributed by atoms with E-state index in [-0.39, 0.29) is 32.0 Å². The first-order chi connectivity index (χ1) is 22.5. The molecule has 4 aromatic carbocycles. The highest BCUT2D eigenvalue weighted by molar-refractivity contribution is 5.91. The summed E-state index contributed by atoms with van der Waals surface area (Å²) in [7, 11) is 0. The fourth-order valence-electron chi connectivity index (χ4n) is 5.45. The van der Waals surface area contributed by atoms with Crippen LogP contribution < -0.4 is 10.6 Å². The van der Waals surface area contributed by atoms with Crippen molar-refractivity contribution < 1.29 is 28.9 Å². The van der Waals surface area contributed by atoms with Gasteiger partial charge in [0.05, 0.1) is 25.4 Å². The van der Waals surface area contributed by atoms with Gasteiger partial charge in [-0.3, -0.25) is 9.69 Å². The molecule has 0 saturated carbocycles. The second kappa shape index (κ2) is 16.7. The van der Waals surface area contributed by atoms with Crippen molar-refractivity contribution in [2.45, 2.75) is 51.5 Å². The molecule has 0 aliphatic carbocycles. The molecule has 1 fully saturated rings. The highest BCUT2D eigenvalue weighted by Gasteiger charge is 2.33. The Balaban J connectivity index is 1.32. The van der Waals surface area contributed by atoms with Gasteiger partial charge in [0.1, 0.15) is 6.54 Å². The molecule has 240 valence electrons. The summed E-state index contributed by atoms with van der Waals surface area (Å²) in [6.45, 7) is 3.97. The van der Waals surface area contributed by atoms with Crippen molar-refractivity contribution in [3.8, 4) is 0 Å². The van der Waals surface area contributed by atoms with Gasteiger partial charge in [0.15, 0.2) is 6.29 Å². The lowest BCUT2D eigenvalue weighted by Gasteiger charge is -2.38. The van der Waals surface area contributed by atoms with Crippen LogP contribution in [-0.2, 0) is 38.7 Å². The van der Waals surface area contributed by atoms with Gasteiger partial charge in [-0.05, 0) is 41.3 Å². The Morgan fingerprint density at radius 1 is 0.804 bits per heavy atom. The van der Waals surface area contributed by atoms with Crippen LogP contribution in [0.3, 0.4) is 0 Å². The molecule has 1 heterocycles. The van der Waals surface area contributed by atoms with Crippen molar-refractivity contribution in [3.63, 3.8) is 0 Å². The number of ether oxygens (including phenoxy) is 3. The van der Waals surface area contributed by atoms with Gasteiger partial charge in [0.25, 0.3) is 0 Å². The van der Waals surface area contributed by atoms with Crippen molar-refractivity contribution in [1.82, 2.24) is 10.2 Å². The van der Waals surface area contributed by atoms with Gasteiger partial charge < -0.3 is 30.0 Å². The number of hydrogen-bond donors (Lipinski definition) is 3. The van der Waals surface area contributed by atoms with E-state index in [0.717, 1.165) is 29.8 Å². The minimum absolute atomic E-state index is 0.0185. The molecule has 3 atom stereocenters. The van der Waals surface area contributed by atoms with Gasteiger partial charge in [-0.1, -0.05) is 97.1 Å². The van der Waals surface area contributed by atoms with E-state index in [2.05, 4.69) is 64.1 Å². The van der Waals surface area contributed by atoms with E-state index < -0.39 is 18.3 Å². The van der Waals surface area contributed by atoms with E-state index in [9.17, 15) is 14.7 Å². The van der Waals surface area contributed by atoms with Gasteiger partial charge in [0.2, 0.25) is 0 Å². The molecule has 9 nitrogen and oxygen atoms in total. The predicted molar refractivity (Wildman–Crippen MR) is 176 cm³/mol. The molecule has 5 rings (SSSR count). The lowest BCUT2D eigenvalue weighted by atomic mass is 9.99. The highest BCUT2D eigenvalue weighted by Crippen LogP contribution is 2.38. The lowest BCUT2D eigenvalue weighted by molar-refractivity contribution is -0.253. The van der Waals surface area contributed by atoms with E-state index in [1.54, 1.807) is 19.1 Å². The second-order valence-electron chi connectivity index (χ2n) is 11.2. The molecule has 1 aliphatic heterocycles. The Bertz CT molecular complexity index is 1480. The van der Waals surface area contributed by atoms with Crippen molar-refractivity contribution >= 4 is 17.7 Å². The molecule has 0 aromatic heterocycles. The van der Waals surface area contributed by atoms with Crippen LogP contribution in [0.2, 0.25) is 0 Å². The Morgan fingerprint density at radius 3 is 2.00 bits per heavy atom. The van der Waals surface area contributed by atoms with Crippen LogP contribution in [-0.4, -0.2) is 47.8 Å². The number of carbonyl (C=O) groups is 2. The van der Waals surface area contributed by atoms with Gasteiger partial charge in [-0.25, -0.2) is 4.79 Å². The molecule has 3 N–H and O–H groups in total. The molecule has 1 saturated heterocycles. The maximum atomic E-state index is 12.3. The molecular weight excluding hydrogens is 582 g/mol. The zero-order chi connectivity index (χ0) is 32.1. The molecule has 0 bridgehead atoms. The topological polar surface area (TPSA) is 109 Å². The number of anilines is 1. The number of amides is 2. The van der Waals surface area contributed by atoms with E-state index in [0.29, 0.717) is 18.7 Å². The van der Waals surface area contributed by atoms with Gasteiger partial charge in [-0.15, -0.1) is 0 Å². The average molecular weight is 624 g/mol. The quantitative estimate of drug-likeness (QED) is 0.154. The number of hydrogen-bond acceptors (Lipinski definition) is 7. The molecular formula is C37H41N3O6. The summed E-state index contributed by atoms with van der Waals surface area (Å²) in [4.78, 5) is 26.2. The van der Waals surface area contributed by atoms with E-state index >= 15 is 0 Å². The van der Waals surface area contributed by atoms with Crippen LogP contribution in [0.5, 0.6) is 0 Å². The van der Waals surface area contributed by atoms with Crippen LogP contribution in [0.4, 0.5) is 10.5 Å². The third kappa shape index (κ3) is 9.73. The number of esters is 1. The van der Waals surface area contributed by atoms with Crippen LogP contribution >= 0.6 is 0 Å². The van der Waals surface area contributed by atoms with Crippen LogP contribution in [0.25, 0.3) is 0 Å². The van der Waals surface area contributed by atoms with Gasteiger partial charge in [-0.2, -0.15) is 0 Å². The minimum Gasteiger partial charge on any atom is -0.465 e. The smallest absolute Gasteiger partial charge is 0.325 e. The fourth-order valence-corrected chi connectivity index (χ4v) is 5.45. The first kappa shape index (κ1) is 32.8. The number of urea groups is 1. The zero-order valence-corrected chi connectivity index (χ0v) is 26.0. The summed E-state index contributed by atoms with van der Waals surface area (Å²) in [6.07, 6.45) is -0.336. The summed E-state index contributed by atoms with van der Waals surface area (Å²) >= 11 is 0. The van der Waals surface area contributed by atoms with Crippen molar-refractivity contribution in [1.29, 1.82) is 0 Å². The number of nitrogens with one attached hydrogen (secondary N) is 2. The first-order valence-corrected chi connectivity index (χ1v) is 15.6. The Hall–Kier alpha value is -4.54. The molecule has 1 aliphatic rings. The number of aliphatic hydroxyl groups excluding tert-OH is 1. The molecule has 9 heteroatoms. The number of nitrogens with zero attached hydrogens (tertiary/aromatic N) is 1.